The van der Waals surface area contributed by atoms with Crippen LogP contribution in [0.15, 0.2) is 170 Å². The molecule has 0 bridgehead atoms. The molecule has 2 heteroatoms. The lowest BCUT2D eigenvalue weighted by Crippen LogP contribution is -2.09. The summed E-state index contributed by atoms with van der Waals surface area (Å²) in [5.41, 5.74) is 19.3. The average Bonchev–Trinajstić information content (AvgIpc) is 3.71. The highest BCUT2D eigenvalue weighted by Gasteiger charge is 2.26. The van der Waals surface area contributed by atoms with E-state index < -0.39 is 0 Å². The van der Waals surface area contributed by atoms with Gasteiger partial charge >= 0.3 is 0 Å². The number of benzene rings is 7. The zero-order chi connectivity index (χ0) is 33.5. The Bertz CT molecular complexity index is 2740. The van der Waals surface area contributed by atoms with Crippen molar-refractivity contribution in [2.75, 3.05) is 4.90 Å². The molecule has 0 amide bonds. The van der Waals surface area contributed by atoms with E-state index in [0.29, 0.717) is 0 Å². The first-order chi connectivity index (χ1) is 25.3. The van der Waals surface area contributed by atoms with Crippen LogP contribution < -0.4 is 4.90 Å². The number of fused-ring (bicyclic) bond motifs is 5. The summed E-state index contributed by atoms with van der Waals surface area (Å²) in [4.78, 5) is 6.64. The Labute approximate surface area is 297 Å². The Morgan fingerprint density at radius 3 is 1.57 bits per heavy atom. The summed E-state index contributed by atoms with van der Waals surface area (Å²) in [7, 11) is 0. The summed E-state index contributed by atoms with van der Waals surface area (Å²) < 4.78 is 0. The topological polar surface area (TPSA) is 16.1 Å². The third-order valence-corrected chi connectivity index (χ3v) is 11.2. The minimum Gasteiger partial charge on any atom is -0.310 e. The lowest BCUT2D eigenvalue weighted by atomic mass is 9.93. The summed E-state index contributed by atoms with van der Waals surface area (Å²) in [6.45, 7) is 0. The van der Waals surface area contributed by atoms with Crippen LogP contribution in [0.2, 0.25) is 0 Å². The maximum absolute atomic E-state index is 4.33. The zero-order valence-electron chi connectivity index (χ0n) is 28.0. The average molecular weight is 649 g/mol. The molecule has 1 heterocycles. The van der Waals surface area contributed by atoms with Crippen LogP contribution in [-0.4, -0.2) is 4.98 Å². The van der Waals surface area contributed by atoms with Gasteiger partial charge in [0.1, 0.15) is 0 Å². The minimum absolute atomic E-state index is 1.07. The van der Waals surface area contributed by atoms with E-state index in [1.54, 1.807) is 0 Å². The van der Waals surface area contributed by atoms with Crippen molar-refractivity contribution in [3.8, 4) is 44.5 Å². The molecule has 238 valence electrons. The molecule has 0 fully saturated rings. The van der Waals surface area contributed by atoms with Crippen LogP contribution in [0.3, 0.4) is 0 Å². The molecule has 51 heavy (non-hydrogen) atoms. The van der Waals surface area contributed by atoms with Gasteiger partial charge in [-0.05, 0) is 138 Å². The van der Waals surface area contributed by atoms with Gasteiger partial charge < -0.3 is 4.90 Å². The van der Waals surface area contributed by atoms with Gasteiger partial charge in [0.15, 0.2) is 0 Å². The molecule has 1 aromatic heterocycles. The highest BCUT2D eigenvalue weighted by molar-refractivity contribution is 6.20. The van der Waals surface area contributed by atoms with Gasteiger partial charge in [-0.1, -0.05) is 121 Å². The van der Waals surface area contributed by atoms with Crippen molar-refractivity contribution in [2.45, 2.75) is 12.8 Å². The molecule has 2 nitrogen and oxygen atoms in total. The first-order valence-corrected chi connectivity index (χ1v) is 17.8. The number of hydrogen-bond donors (Lipinski definition) is 0. The molecule has 11 rings (SSSR count). The van der Waals surface area contributed by atoms with Gasteiger partial charge in [0.2, 0.25) is 0 Å². The van der Waals surface area contributed by atoms with Crippen LogP contribution in [0.5, 0.6) is 0 Å². The molecule has 0 saturated carbocycles. The molecular formula is C49H32N2. The van der Waals surface area contributed by atoms with Gasteiger partial charge in [0.05, 0.1) is 0 Å². The summed E-state index contributed by atoms with van der Waals surface area (Å²) in [6.07, 6.45) is 10.6. The molecule has 0 unspecified atom stereocenters. The maximum atomic E-state index is 4.33. The molecule has 0 atom stereocenters. The Balaban J connectivity index is 0.970. The van der Waals surface area contributed by atoms with Crippen molar-refractivity contribution in [1.29, 1.82) is 0 Å². The predicted molar refractivity (Wildman–Crippen MR) is 214 cm³/mol. The Kier molecular flexibility index (Phi) is 6.11. The Morgan fingerprint density at radius 1 is 0.412 bits per heavy atom. The lowest BCUT2D eigenvalue weighted by molar-refractivity contribution is 1.06. The second-order valence-corrected chi connectivity index (χ2v) is 13.8. The number of nitrogens with zero attached hydrogens (tertiary/aromatic N) is 2. The lowest BCUT2D eigenvalue weighted by Gasteiger charge is -2.26. The Morgan fingerprint density at radius 2 is 0.922 bits per heavy atom. The van der Waals surface area contributed by atoms with Gasteiger partial charge in [-0.2, -0.15) is 0 Å². The molecular weight excluding hydrogens is 617 g/mol. The van der Waals surface area contributed by atoms with Crippen LogP contribution in [0.25, 0.3) is 77.2 Å². The van der Waals surface area contributed by atoms with Crippen molar-refractivity contribution in [3.05, 3.63) is 181 Å². The number of pyridine rings is 1. The third-order valence-electron chi connectivity index (χ3n) is 11.2. The monoisotopic (exact) mass is 648 g/mol. The third kappa shape index (κ3) is 4.20. The van der Waals surface area contributed by atoms with Crippen LogP contribution in [-0.2, 0) is 0 Å². The van der Waals surface area contributed by atoms with E-state index in [1.807, 2.05) is 12.4 Å². The summed E-state index contributed by atoms with van der Waals surface area (Å²) in [6, 6.07) is 53.8. The summed E-state index contributed by atoms with van der Waals surface area (Å²) >= 11 is 0. The van der Waals surface area contributed by atoms with Gasteiger partial charge in [0, 0.05) is 29.5 Å². The molecule has 0 radical (unpaired) electrons. The number of rotatable bonds is 5. The molecule has 0 saturated heterocycles. The number of allylic oxidation sites excluding steroid dienone is 4. The van der Waals surface area contributed by atoms with E-state index in [-0.39, 0.29) is 0 Å². The van der Waals surface area contributed by atoms with E-state index in [9.17, 15) is 0 Å². The highest BCUT2D eigenvalue weighted by atomic mass is 15.1. The van der Waals surface area contributed by atoms with E-state index in [4.69, 9.17) is 0 Å². The molecule has 0 spiro atoms. The first-order valence-electron chi connectivity index (χ1n) is 17.8. The van der Waals surface area contributed by atoms with E-state index in [2.05, 4.69) is 168 Å². The van der Waals surface area contributed by atoms with Gasteiger partial charge in [0.25, 0.3) is 0 Å². The zero-order valence-corrected chi connectivity index (χ0v) is 28.0. The SMILES string of the molecule is C1=CC2=C(CC1)c1ccc(-c3ccc(N(c4ccncc4)c4ccc(-c5ccc6c7c(cccc57)-c5ccccc5-6)cc4)cc3)c3cccc2c13. The van der Waals surface area contributed by atoms with Crippen molar-refractivity contribution >= 4 is 49.8 Å². The second kappa shape index (κ2) is 11.0. The van der Waals surface area contributed by atoms with E-state index in [1.165, 1.54) is 88.3 Å². The first kappa shape index (κ1) is 28.3. The maximum Gasteiger partial charge on any atom is 0.0492 e. The fourth-order valence-corrected chi connectivity index (χ4v) is 8.91. The summed E-state index contributed by atoms with van der Waals surface area (Å²) in [5, 5.41) is 5.38. The number of anilines is 3. The van der Waals surface area contributed by atoms with Crippen molar-refractivity contribution in [1.82, 2.24) is 4.98 Å². The van der Waals surface area contributed by atoms with Gasteiger partial charge in [-0.3, -0.25) is 4.98 Å². The Hall–Kier alpha value is -6.51. The predicted octanol–water partition coefficient (Wildman–Crippen LogP) is 13.4. The molecule has 3 aliphatic rings. The molecule has 0 N–H and O–H groups in total. The van der Waals surface area contributed by atoms with Crippen LogP contribution >= 0.6 is 0 Å². The van der Waals surface area contributed by atoms with E-state index >= 15 is 0 Å². The normalized spacial score (nSPS) is 13.6. The fraction of sp³-hybridized carbons (Fsp3) is 0.0408. The van der Waals surface area contributed by atoms with Crippen LogP contribution in [0.1, 0.15) is 24.0 Å². The van der Waals surface area contributed by atoms with E-state index in [0.717, 1.165) is 29.9 Å². The standard InChI is InChI=1S/C49H32N2/c1-3-9-40-38(7-1)44-13-5-11-42-36(23-25-46(40)48(42)44)31-15-19-33(20-16-31)51(35-27-29-50-30-28-35)34-21-17-32(18-22-34)37-24-26-47-41-10-4-2-8-39(41)45-14-6-12-43(37)49(45)47/h1-3,5-9,11-30H,4,10H2. The molecule has 3 aliphatic carbocycles. The van der Waals surface area contributed by atoms with Crippen molar-refractivity contribution in [2.24, 2.45) is 0 Å². The highest BCUT2D eigenvalue weighted by Crippen LogP contribution is 2.50. The second-order valence-electron chi connectivity index (χ2n) is 13.8. The van der Waals surface area contributed by atoms with Crippen LogP contribution in [0, 0.1) is 0 Å². The van der Waals surface area contributed by atoms with Crippen LogP contribution in [0.4, 0.5) is 17.1 Å². The largest absolute Gasteiger partial charge is 0.310 e. The van der Waals surface area contributed by atoms with Gasteiger partial charge in [-0.25, -0.2) is 0 Å². The molecule has 7 aromatic carbocycles. The smallest absolute Gasteiger partial charge is 0.0492 e. The van der Waals surface area contributed by atoms with Crippen molar-refractivity contribution in [3.63, 3.8) is 0 Å². The number of hydrogen-bond acceptors (Lipinski definition) is 2. The summed E-state index contributed by atoms with van der Waals surface area (Å²) in [5.74, 6) is 0. The quantitative estimate of drug-likeness (QED) is 0.185. The van der Waals surface area contributed by atoms with Gasteiger partial charge in [-0.15, -0.1) is 0 Å². The minimum atomic E-state index is 1.07. The molecule has 0 aliphatic heterocycles. The fourth-order valence-electron chi connectivity index (χ4n) is 8.91. The van der Waals surface area contributed by atoms with Crippen molar-refractivity contribution < 1.29 is 0 Å². The number of aromatic nitrogens is 1. The molecule has 8 aromatic rings.